The van der Waals surface area contributed by atoms with Crippen LogP contribution in [0.1, 0.15) is 19.7 Å². The summed E-state index contributed by atoms with van der Waals surface area (Å²) >= 11 is 0. The molecule has 0 saturated carbocycles. The van der Waals surface area contributed by atoms with Crippen LogP contribution in [0.25, 0.3) is 0 Å². The molecule has 19 heavy (non-hydrogen) atoms. The first-order valence-electron chi connectivity index (χ1n) is 5.77. The zero-order chi connectivity index (χ0) is 14.0. The fourth-order valence-electron chi connectivity index (χ4n) is 1.65. The molecule has 0 bridgehead atoms. The molecule has 2 aromatic rings. The van der Waals surface area contributed by atoms with Crippen molar-refractivity contribution in [2.24, 2.45) is 11.1 Å². The van der Waals surface area contributed by atoms with Gasteiger partial charge in [-0.15, -0.1) is 0 Å². The first-order valence-corrected chi connectivity index (χ1v) is 7.32. The number of nitrogens with two attached hydrogens (primary N) is 1. The Morgan fingerprint density at radius 1 is 1.37 bits per heavy atom. The first-order chi connectivity index (χ1) is 8.86. The highest BCUT2D eigenvalue weighted by Crippen LogP contribution is 2.06. The molecule has 0 aliphatic rings. The van der Waals surface area contributed by atoms with Crippen molar-refractivity contribution in [1.29, 1.82) is 0 Å². The maximum atomic E-state index is 11.1. The Bertz CT molecular complexity index is 657. The number of sulfonamides is 1. The predicted molar refractivity (Wildman–Crippen MR) is 67.6 cm³/mol. The van der Waals surface area contributed by atoms with Gasteiger partial charge >= 0.3 is 0 Å². The lowest BCUT2D eigenvalue weighted by molar-refractivity contribution is 0.460. The summed E-state index contributed by atoms with van der Waals surface area (Å²) in [6, 6.07) is 0. The molecule has 2 aromatic heterocycles. The minimum absolute atomic E-state index is 0.151. The SMILES string of the molecule is CC(C)Cn1ncnc1Cn1cnc(S(N)(=O)=O)c1. The molecule has 104 valence electrons. The second-order valence-electron chi connectivity index (χ2n) is 4.68. The largest absolute Gasteiger partial charge is 0.328 e. The molecule has 0 fully saturated rings. The lowest BCUT2D eigenvalue weighted by atomic mass is 10.2. The summed E-state index contributed by atoms with van der Waals surface area (Å²) < 4.78 is 25.7. The van der Waals surface area contributed by atoms with Crippen molar-refractivity contribution >= 4 is 10.0 Å². The van der Waals surface area contributed by atoms with Crippen molar-refractivity contribution in [1.82, 2.24) is 24.3 Å². The monoisotopic (exact) mass is 284 g/mol. The summed E-state index contributed by atoms with van der Waals surface area (Å²) in [7, 11) is -3.76. The van der Waals surface area contributed by atoms with E-state index in [0.29, 0.717) is 12.5 Å². The van der Waals surface area contributed by atoms with Gasteiger partial charge in [-0.25, -0.2) is 28.2 Å². The molecule has 8 nitrogen and oxygen atoms in total. The van der Waals surface area contributed by atoms with Gasteiger partial charge in [-0.2, -0.15) is 5.10 Å². The van der Waals surface area contributed by atoms with Gasteiger partial charge in [0.05, 0.1) is 12.9 Å². The normalized spacial score (nSPS) is 12.2. The lowest BCUT2D eigenvalue weighted by Gasteiger charge is -2.08. The molecule has 0 aliphatic carbocycles. The number of aromatic nitrogens is 5. The first kappa shape index (κ1) is 13.7. The molecule has 0 atom stereocenters. The van der Waals surface area contributed by atoms with Crippen LogP contribution in [0.3, 0.4) is 0 Å². The average Bonchev–Trinajstić information content (AvgIpc) is 2.88. The Labute approximate surface area is 111 Å². The van der Waals surface area contributed by atoms with E-state index in [1.807, 2.05) is 0 Å². The van der Waals surface area contributed by atoms with Crippen LogP contribution in [0, 0.1) is 5.92 Å². The van der Waals surface area contributed by atoms with Crippen LogP contribution in [0.5, 0.6) is 0 Å². The van der Waals surface area contributed by atoms with Gasteiger partial charge in [-0.05, 0) is 5.92 Å². The fourth-order valence-corrected chi connectivity index (χ4v) is 2.12. The van der Waals surface area contributed by atoms with Crippen molar-refractivity contribution in [3.63, 3.8) is 0 Å². The topological polar surface area (TPSA) is 109 Å². The van der Waals surface area contributed by atoms with Crippen LogP contribution >= 0.6 is 0 Å². The number of hydrogen-bond donors (Lipinski definition) is 1. The molecule has 2 heterocycles. The lowest BCUT2D eigenvalue weighted by Crippen LogP contribution is -2.13. The second-order valence-corrected chi connectivity index (χ2v) is 6.19. The van der Waals surface area contributed by atoms with Crippen LogP contribution in [-0.2, 0) is 23.1 Å². The predicted octanol–water partition coefficient (Wildman–Crippen LogP) is -0.174. The minimum atomic E-state index is -3.76. The van der Waals surface area contributed by atoms with Gasteiger partial charge in [0.25, 0.3) is 10.0 Å². The van der Waals surface area contributed by atoms with Crippen molar-refractivity contribution < 1.29 is 8.42 Å². The quantitative estimate of drug-likeness (QED) is 0.819. The molecule has 0 saturated heterocycles. The number of imidazole rings is 1. The van der Waals surface area contributed by atoms with Crippen LogP contribution in [0.2, 0.25) is 0 Å². The third-order valence-corrected chi connectivity index (χ3v) is 3.25. The molecule has 0 radical (unpaired) electrons. The molecular weight excluding hydrogens is 268 g/mol. The Morgan fingerprint density at radius 2 is 2.11 bits per heavy atom. The van der Waals surface area contributed by atoms with E-state index in [-0.39, 0.29) is 5.03 Å². The van der Waals surface area contributed by atoms with Gasteiger partial charge in [0.1, 0.15) is 12.2 Å². The highest BCUT2D eigenvalue weighted by atomic mass is 32.2. The van der Waals surface area contributed by atoms with Crippen LogP contribution in [0.4, 0.5) is 0 Å². The summed E-state index contributed by atoms with van der Waals surface area (Å²) in [5, 5.41) is 8.99. The van der Waals surface area contributed by atoms with Crippen LogP contribution < -0.4 is 5.14 Å². The summed E-state index contributed by atoms with van der Waals surface area (Å²) in [5.41, 5.74) is 0. The van der Waals surface area contributed by atoms with Gasteiger partial charge in [0.2, 0.25) is 0 Å². The van der Waals surface area contributed by atoms with Gasteiger partial charge in [0, 0.05) is 12.7 Å². The second kappa shape index (κ2) is 5.10. The van der Waals surface area contributed by atoms with Crippen molar-refractivity contribution in [2.75, 3.05) is 0 Å². The molecule has 0 unspecified atom stereocenters. The summed E-state index contributed by atoms with van der Waals surface area (Å²) in [6.07, 6.45) is 4.27. The van der Waals surface area contributed by atoms with Crippen molar-refractivity contribution in [3.05, 3.63) is 24.7 Å². The van der Waals surface area contributed by atoms with Crippen molar-refractivity contribution in [3.8, 4) is 0 Å². The van der Waals surface area contributed by atoms with E-state index in [2.05, 4.69) is 28.9 Å². The molecule has 2 rings (SSSR count). The number of rotatable bonds is 5. The van der Waals surface area contributed by atoms with Gasteiger partial charge in [-0.1, -0.05) is 13.8 Å². The highest BCUT2D eigenvalue weighted by molar-refractivity contribution is 7.89. The van der Waals surface area contributed by atoms with Crippen LogP contribution in [0.15, 0.2) is 23.9 Å². The maximum Gasteiger partial charge on any atom is 0.257 e. The third-order valence-electron chi connectivity index (χ3n) is 2.46. The van der Waals surface area contributed by atoms with E-state index < -0.39 is 10.0 Å². The third kappa shape index (κ3) is 3.38. The summed E-state index contributed by atoms with van der Waals surface area (Å²) in [6.45, 7) is 5.32. The molecule has 0 aliphatic heterocycles. The summed E-state index contributed by atoms with van der Waals surface area (Å²) in [5.74, 6) is 1.19. The summed E-state index contributed by atoms with van der Waals surface area (Å²) in [4.78, 5) is 7.91. The molecule has 0 amide bonds. The number of nitrogens with zero attached hydrogens (tertiary/aromatic N) is 5. The van der Waals surface area contributed by atoms with Gasteiger partial charge in [0.15, 0.2) is 5.03 Å². The Hall–Kier alpha value is -1.74. The van der Waals surface area contributed by atoms with E-state index in [1.54, 1.807) is 9.25 Å². The van der Waals surface area contributed by atoms with Gasteiger partial charge < -0.3 is 4.57 Å². The molecular formula is C10H16N6O2S. The maximum absolute atomic E-state index is 11.1. The standard InChI is InChI=1S/C10H16N6O2S/c1-8(2)3-16-9(12-6-14-16)4-15-5-10(13-7-15)19(11,17)18/h5-8H,3-4H2,1-2H3,(H2,11,17,18). The smallest absolute Gasteiger partial charge is 0.257 e. The Morgan fingerprint density at radius 3 is 2.68 bits per heavy atom. The van der Waals surface area contributed by atoms with E-state index in [9.17, 15) is 8.42 Å². The highest BCUT2D eigenvalue weighted by Gasteiger charge is 2.13. The fraction of sp³-hybridized carbons (Fsp3) is 0.500. The Balaban J connectivity index is 2.18. The molecule has 2 N–H and O–H groups in total. The van der Waals surface area contributed by atoms with Crippen LogP contribution in [-0.4, -0.2) is 32.7 Å². The zero-order valence-electron chi connectivity index (χ0n) is 10.8. The van der Waals surface area contributed by atoms with E-state index in [4.69, 9.17) is 5.14 Å². The van der Waals surface area contributed by atoms with E-state index >= 15 is 0 Å². The molecule has 0 aromatic carbocycles. The molecule has 9 heteroatoms. The number of primary sulfonamides is 1. The van der Waals surface area contributed by atoms with E-state index in [0.717, 1.165) is 12.4 Å². The average molecular weight is 284 g/mol. The Kier molecular flexibility index (Phi) is 3.67. The van der Waals surface area contributed by atoms with Crippen molar-refractivity contribution in [2.45, 2.75) is 32.0 Å². The van der Waals surface area contributed by atoms with E-state index in [1.165, 1.54) is 18.9 Å². The number of hydrogen-bond acceptors (Lipinski definition) is 5. The zero-order valence-corrected chi connectivity index (χ0v) is 11.6. The van der Waals surface area contributed by atoms with Gasteiger partial charge in [-0.3, -0.25) is 0 Å². The molecule has 0 spiro atoms. The minimum Gasteiger partial charge on any atom is -0.328 e.